The van der Waals surface area contributed by atoms with Crippen LogP contribution in [0.4, 0.5) is 5.69 Å². The smallest absolute Gasteiger partial charge is 0.329 e. The van der Waals surface area contributed by atoms with Gasteiger partial charge in [-0.25, -0.2) is 5.43 Å². The first-order valence-corrected chi connectivity index (χ1v) is 10.3. The molecular weight excluding hydrogens is 475 g/mol. The molecule has 0 spiro atoms. The van der Waals surface area contributed by atoms with Crippen molar-refractivity contribution >= 4 is 52.8 Å². The minimum atomic E-state index is -0.916. The number of carbonyl (C=O) groups is 3. The Hall–Kier alpha value is -3.34. The van der Waals surface area contributed by atoms with Gasteiger partial charge in [0.1, 0.15) is 0 Å². The molecule has 176 valence electrons. The third-order valence-electron chi connectivity index (χ3n) is 3.93. The van der Waals surface area contributed by atoms with E-state index in [9.17, 15) is 14.4 Å². The number of hydrogen-bond acceptors (Lipinski definition) is 7. The summed E-state index contributed by atoms with van der Waals surface area (Å²) < 4.78 is 15.6. The van der Waals surface area contributed by atoms with Gasteiger partial charge in [0.05, 0.1) is 30.6 Å². The van der Waals surface area contributed by atoms with E-state index in [1.54, 1.807) is 30.3 Å². The number of halogens is 2. The number of hydrazone groups is 1. The van der Waals surface area contributed by atoms with Crippen molar-refractivity contribution in [2.24, 2.45) is 5.10 Å². The predicted octanol–water partition coefficient (Wildman–Crippen LogP) is 2.23. The van der Waals surface area contributed by atoms with Gasteiger partial charge in [-0.2, -0.15) is 5.10 Å². The molecular formula is C21H22Cl2N4O6. The van der Waals surface area contributed by atoms with E-state index >= 15 is 0 Å². The summed E-state index contributed by atoms with van der Waals surface area (Å²) in [6.07, 6.45) is 1.32. The van der Waals surface area contributed by atoms with Crippen LogP contribution in [0.3, 0.4) is 0 Å². The fourth-order valence-electron chi connectivity index (χ4n) is 2.37. The monoisotopic (exact) mass is 496 g/mol. The van der Waals surface area contributed by atoms with Crippen molar-refractivity contribution in [3.05, 3.63) is 52.0 Å². The minimum absolute atomic E-state index is 0.204. The summed E-state index contributed by atoms with van der Waals surface area (Å²) in [6.45, 7) is 0.194. The molecule has 2 rings (SSSR count). The summed E-state index contributed by atoms with van der Waals surface area (Å²) in [4.78, 5) is 35.4. The quantitative estimate of drug-likeness (QED) is 0.200. The maximum atomic E-state index is 12.2. The Balaban J connectivity index is 1.90. The second-order valence-electron chi connectivity index (χ2n) is 6.32. The van der Waals surface area contributed by atoms with Crippen LogP contribution >= 0.6 is 23.2 Å². The second-order valence-corrected chi connectivity index (χ2v) is 7.16. The Morgan fingerprint density at radius 3 is 2.52 bits per heavy atom. The number of hydrogen-bond donors (Lipinski definition) is 3. The normalized spacial score (nSPS) is 10.5. The average molecular weight is 497 g/mol. The van der Waals surface area contributed by atoms with E-state index in [2.05, 4.69) is 21.2 Å². The number of ether oxygens (including phenoxy) is 3. The summed E-state index contributed by atoms with van der Waals surface area (Å²) in [5, 5.41) is 9.48. The maximum absolute atomic E-state index is 12.2. The molecule has 0 radical (unpaired) electrons. The summed E-state index contributed by atoms with van der Waals surface area (Å²) in [6, 6.07) is 9.47. The number of nitrogens with one attached hydrogen (secondary N) is 3. The van der Waals surface area contributed by atoms with E-state index in [-0.39, 0.29) is 19.8 Å². The molecule has 33 heavy (non-hydrogen) atoms. The Labute approximate surface area is 200 Å². The Morgan fingerprint density at radius 1 is 1.03 bits per heavy atom. The van der Waals surface area contributed by atoms with Crippen LogP contribution in [0.1, 0.15) is 5.56 Å². The standard InChI is InChI=1S/C21H22Cl2N4O6/c1-31-8-7-24-20(29)21(30)27-25-11-13-3-6-17(18(9-13)32-2)33-12-19(28)26-16-5-4-14(22)10-15(16)23/h3-6,9-11H,7-8,12H2,1-2H3,(H,24,29)(H,26,28)(H,27,30)/b25-11-. The molecule has 10 nitrogen and oxygen atoms in total. The first kappa shape index (κ1) is 25.9. The van der Waals surface area contributed by atoms with E-state index in [0.717, 1.165) is 0 Å². The highest BCUT2D eigenvalue weighted by Gasteiger charge is 2.12. The van der Waals surface area contributed by atoms with Gasteiger partial charge in [0.2, 0.25) is 0 Å². The highest BCUT2D eigenvalue weighted by Crippen LogP contribution is 2.28. The molecule has 0 unspecified atom stereocenters. The molecule has 0 saturated heterocycles. The van der Waals surface area contributed by atoms with Crippen LogP contribution in [0.2, 0.25) is 10.0 Å². The van der Waals surface area contributed by atoms with Gasteiger partial charge in [-0.15, -0.1) is 0 Å². The fraction of sp³-hybridized carbons (Fsp3) is 0.238. The maximum Gasteiger partial charge on any atom is 0.329 e. The van der Waals surface area contributed by atoms with Crippen molar-refractivity contribution in [2.75, 3.05) is 39.3 Å². The first-order chi connectivity index (χ1) is 15.8. The topological polar surface area (TPSA) is 127 Å². The zero-order chi connectivity index (χ0) is 24.2. The van der Waals surface area contributed by atoms with Gasteiger partial charge in [0.25, 0.3) is 5.91 Å². The lowest BCUT2D eigenvalue weighted by Gasteiger charge is -2.12. The molecule has 0 aliphatic rings. The SMILES string of the molecule is COCCNC(=O)C(=O)N/N=C\c1ccc(OCC(=O)Nc2ccc(Cl)cc2Cl)c(OC)c1. The molecule has 0 aliphatic carbocycles. The number of methoxy groups -OCH3 is 2. The predicted molar refractivity (Wildman–Crippen MR) is 124 cm³/mol. The number of anilines is 1. The third kappa shape index (κ3) is 8.60. The van der Waals surface area contributed by atoms with Crippen LogP contribution in [0.25, 0.3) is 0 Å². The molecule has 0 atom stereocenters. The van der Waals surface area contributed by atoms with Gasteiger partial charge >= 0.3 is 11.8 Å². The van der Waals surface area contributed by atoms with Gasteiger partial charge < -0.3 is 24.8 Å². The van der Waals surface area contributed by atoms with Crippen molar-refractivity contribution in [2.45, 2.75) is 0 Å². The molecule has 0 bridgehead atoms. The van der Waals surface area contributed by atoms with Crippen molar-refractivity contribution in [3.63, 3.8) is 0 Å². The van der Waals surface area contributed by atoms with Gasteiger partial charge in [0.15, 0.2) is 18.1 Å². The number of benzene rings is 2. The zero-order valence-electron chi connectivity index (χ0n) is 17.8. The lowest BCUT2D eigenvalue weighted by Crippen LogP contribution is -2.39. The van der Waals surface area contributed by atoms with Gasteiger partial charge in [-0.3, -0.25) is 14.4 Å². The number of carbonyl (C=O) groups excluding carboxylic acids is 3. The number of rotatable bonds is 10. The summed E-state index contributed by atoms with van der Waals surface area (Å²) in [7, 11) is 2.91. The lowest BCUT2D eigenvalue weighted by atomic mass is 10.2. The van der Waals surface area contributed by atoms with Gasteiger partial charge in [-0.1, -0.05) is 23.2 Å². The molecule has 0 aliphatic heterocycles. The molecule has 2 aromatic rings. The number of nitrogens with zero attached hydrogens (tertiary/aromatic N) is 1. The summed E-state index contributed by atoms with van der Waals surface area (Å²) >= 11 is 11.9. The van der Waals surface area contributed by atoms with Crippen LogP contribution in [0.5, 0.6) is 11.5 Å². The molecule has 2 aromatic carbocycles. The van der Waals surface area contributed by atoms with Crippen molar-refractivity contribution in [3.8, 4) is 11.5 Å². The third-order valence-corrected chi connectivity index (χ3v) is 4.48. The van der Waals surface area contributed by atoms with E-state index < -0.39 is 17.7 Å². The van der Waals surface area contributed by atoms with E-state index in [1.807, 2.05) is 0 Å². The zero-order valence-corrected chi connectivity index (χ0v) is 19.3. The van der Waals surface area contributed by atoms with E-state index in [1.165, 1.54) is 26.5 Å². The summed E-state index contributed by atoms with van der Waals surface area (Å²) in [5.41, 5.74) is 3.07. The molecule has 3 amide bonds. The molecule has 0 aromatic heterocycles. The van der Waals surface area contributed by atoms with Crippen LogP contribution in [0, 0.1) is 0 Å². The van der Waals surface area contributed by atoms with Gasteiger partial charge in [-0.05, 0) is 42.0 Å². The van der Waals surface area contributed by atoms with Crippen LogP contribution < -0.4 is 25.5 Å². The highest BCUT2D eigenvalue weighted by molar-refractivity contribution is 6.36. The fourth-order valence-corrected chi connectivity index (χ4v) is 2.82. The van der Waals surface area contributed by atoms with E-state index in [0.29, 0.717) is 32.8 Å². The molecule has 3 N–H and O–H groups in total. The van der Waals surface area contributed by atoms with Crippen molar-refractivity contribution in [1.29, 1.82) is 0 Å². The minimum Gasteiger partial charge on any atom is -0.493 e. The molecule has 12 heteroatoms. The lowest BCUT2D eigenvalue weighted by molar-refractivity contribution is -0.139. The highest BCUT2D eigenvalue weighted by atomic mass is 35.5. The van der Waals surface area contributed by atoms with E-state index in [4.69, 9.17) is 37.4 Å². The van der Waals surface area contributed by atoms with Gasteiger partial charge in [0, 0.05) is 18.7 Å². The molecule has 0 saturated carbocycles. The van der Waals surface area contributed by atoms with Crippen molar-refractivity contribution < 1.29 is 28.6 Å². The molecule has 0 fully saturated rings. The summed E-state index contributed by atoms with van der Waals surface area (Å²) in [5.74, 6) is -1.53. The average Bonchev–Trinajstić information content (AvgIpc) is 2.79. The second kappa shape index (κ2) is 13.3. The van der Waals surface area contributed by atoms with Crippen LogP contribution in [0.15, 0.2) is 41.5 Å². The number of amides is 3. The Morgan fingerprint density at radius 2 is 1.82 bits per heavy atom. The molecule has 0 heterocycles. The van der Waals surface area contributed by atoms with Crippen molar-refractivity contribution in [1.82, 2.24) is 10.7 Å². The van der Waals surface area contributed by atoms with Crippen LogP contribution in [-0.4, -0.2) is 57.9 Å². The Kier molecular flexibility index (Phi) is 10.4. The first-order valence-electron chi connectivity index (χ1n) is 9.50. The Bertz CT molecular complexity index is 1030. The largest absolute Gasteiger partial charge is 0.493 e. The van der Waals surface area contributed by atoms with Crippen LogP contribution in [-0.2, 0) is 19.1 Å².